The molecule has 3 heterocycles. The summed E-state index contributed by atoms with van der Waals surface area (Å²) >= 11 is 0. The van der Waals surface area contributed by atoms with Crippen LogP contribution in [0.3, 0.4) is 0 Å². The van der Waals surface area contributed by atoms with Crippen LogP contribution in [0.4, 0.5) is 0 Å². The molecule has 11 heavy (non-hydrogen) atoms. The standard InChI is InChI=1S/C8H13NO2/c1-9-5-2-4(10)3-6(9)8-7(5)11-8/h4-8,10H,2-3H2,1H3/i1D3. The molecule has 0 radical (unpaired) electrons. The Bertz CT molecular complexity index is 252. The molecule has 62 valence electrons. The highest BCUT2D eigenvalue weighted by Gasteiger charge is 2.62. The molecule has 0 aromatic rings. The molecule has 1 N–H and O–H groups in total. The highest BCUT2D eigenvalue weighted by Crippen LogP contribution is 2.47. The summed E-state index contributed by atoms with van der Waals surface area (Å²) in [5, 5.41) is 9.55. The highest BCUT2D eigenvalue weighted by molar-refractivity contribution is 5.13. The number of nitrogens with zero attached hydrogens (tertiary/aromatic N) is 1. The van der Waals surface area contributed by atoms with Crippen molar-refractivity contribution in [1.29, 1.82) is 0 Å². The summed E-state index contributed by atoms with van der Waals surface area (Å²) < 4.78 is 27.7. The number of aliphatic hydroxyl groups is 1. The summed E-state index contributed by atoms with van der Waals surface area (Å²) in [7, 11) is 0. The smallest absolute Gasteiger partial charge is 0.101 e. The molecular weight excluding hydrogens is 142 g/mol. The number of piperidine rings is 1. The summed E-state index contributed by atoms with van der Waals surface area (Å²) in [6.07, 6.45) is 0.863. The maximum absolute atomic E-state index is 9.55. The molecule has 3 saturated heterocycles. The van der Waals surface area contributed by atoms with E-state index in [4.69, 9.17) is 8.85 Å². The van der Waals surface area contributed by atoms with Crippen LogP contribution >= 0.6 is 0 Å². The third-order valence-corrected chi connectivity index (χ3v) is 3.06. The molecule has 3 aliphatic rings. The van der Waals surface area contributed by atoms with Gasteiger partial charge in [0.25, 0.3) is 0 Å². The molecule has 0 amide bonds. The Morgan fingerprint density at radius 2 is 2.09 bits per heavy atom. The molecule has 3 rings (SSSR count). The zero-order valence-electron chi connectivity index (χ0n) is 9.10. The molecule has 0 aromatic carbocycles. The van der Waals surface area contributed by atoms with Crippen LogP contribution in [0.5, 0.6) is 0 Å². The molecule has 3 heteroatoms. The predicted molar refractivity (Wildman–Crippen MR) is 39.2 cm³/mol. The fourth-order valence-electron chi connectivity index (χ4n) is 2.47. The highest BCUT2D eigenvalue weighted by atomic mass is 16.6. The van der Waals surface area contributed by atoms with Crippen molar-refractivity contribution in [3.63, 3.8) is 0 Å². The minimum absolute atomic E-state index is 0.0672. The second kappa shape index (κ2) is 1.79. The van der Waals surface area contributed by atoms with E-state index in [2.05, 4.69) is 0 Å². The van der Waals surface area contributed by atoms with E-state index in [0.29, 0.717) is 12.8 Å². The van der Waals surface area contributed by atoms with E-state index >= 15 is 0 Å². The fraction of sp³-hybridized carbons (Fsp3) is 1.00. The third kappa shape index (κ3) is 0.687. The van der Waals surface area contributed by atoms with E-state index in [-0.39, 0.29) is 30.4 Å². The van der Waals surface area contributed by atoms with Gasteiger partial charge in [-0.25, -0.2) is 0 Å². The Morgan fingerprint density at radius 1 is 1.45 bits per heavy atom. The normalized spacial score (nSPS) is 66.3. The monoisotopic (exact) mass is 158 g/mol. The zero-order valence-corrected chi connectivity index (χ0v) is 6.10. The van der Waals surface area contributed by atoms with Gasteiger partial charge in [0.05, 0.1) is 6.10 Å². The molecule has 3 fully saturated rings. The molecule has 0 aliphatic carbocycles. The van der Waals surface area contributed by atoms with E-state index in [1.165, 1.54) is 0 Å². The minimum Gasteiger partial charge on any atom is -0.393 e. The summed E-state index contributed by atoms with van der Waals surface area (Å²) in [4.78, 5) is 1.57. The average Bonchev–Trinajstić information content (AvgIpc) is 2.74. The summed E-state index contributed by atoms with van der Waals surface area (Å²) in [5.41, 5.74) is 0. The van der Waals surface area contributed by atoms with E-state index in [0.717, 1.165) is 0 Å². The fourth-order valence-corrected chi connectivity index (χ4v) is 2.47. The van der Waals surface area contributed by atoms with Gasteiger partial charge in [0.1, 0.15) is 12.2 Å². The third-order valence-electron chi connectivity index (χ3n) is 3.06. The number of hydrogen-bond acceptors (Lipinski definition) is 3. The first-order valence-corrected chi connectivity index (χ1v) is 4.10. The number of aliphatic hydroxyl groups excluding tert-OH is 1. The quantitative estimate of drug-likeness (QED) is 0.487. The largest absolute Gasteiger partial charge is 0.393 e. The Morgan fingerprint density at radius 3 is 2.64 bits per heavy atom. The van der Waals surface area contributed by atoms with Crippen LogP contribution in [-0.4, -0.2) is 47.4 Å². The first-order valence-electron chi connectivity index (χ1n) is 5.60. The van der Waals surface area contributed by atoms with Gasteiger partial charge in [0.2, 0.25) is 0 Å². The molecular formula is C8H13NO2. The lowest BCUT2D eigenvalue weighted by molar-refractivity contribution is 0.00149. The first-order chi connectivity index (χ1) is 6.48. The second-order valence-corrected chi connectivity index (χ2v) is 3.73. The Labute approximate surface area is 70.2 Å². The van der Waals surface area contributed by atoms with Crippen LogP contribution in [-0.2, 0) is 4.74 Å². The predicted octanol–water partition coefficient (Wildman–Crippen LogP) is -0.409. The van der Waals surface area contributed by atoms with Crippen molar-refractivity contribution in [2.75, 3.05) is 6.98 Å². The number of likely N-dealkylation sites (N-methyl/N-ethyl adjacent to an activating group) is 1. The second-order valence-electron chi connectivity index (χ2n) is 3.73. The molecule has 3 aliphatic heterocycles. The lowest BCUT2D eigenvalue weighted by Crippen LogP contribution is -2.46. The van der Waals surface area contributed by atoms with Gasteiger partial charge in [-0.1, -0.05) is 0 Å². The van der Waals surface area contributed by atoms with E-state index in [9.17, 15) is 5.11 Å². The van der Waals surface area contributed by atoms with Gasteiger partial charge in [-0.2, -0.15) is 0 Å². The van der Waals surface area contributed by atoms with Gasteiger partial charge < -0.3 is 9.84 Å². The minimum atomic E-state index is -2.04. The first kappa shape index (κ1) is 4.21. The molecule has 3 nitrogen and oxygen atoms in total. The van der Waals surface area contributed by atoms with Gasteiger partial charge in [0.15, 0.2) is 0 Å². The molecule has 0 saturated carbocycles. The van der Waals surface area contributed by atoms with Gasteiger partial charge in [-0.05, 0) is 19.8 Å². The Kier molecular flexibility index (Phi) is 0.684. The SMILES string of the molecule is [2H]C([2H])([2H])N1C2CC(O)CC1C1OC12. The van der Waals surface area contributed by atoms with Gasteiger partial charge in [0, 0.05) is 16.2 Å². The van der Waals surface area contributed by atoms with E-state index in [1.807, 2.05) is 0 Å². The Balaban J connectivity index is 1.89. The number of hydrogen-bond donors (Lipinski definition) is 1. The van der Waals surface area contributed by atoms with Crippen LogP contribution in [0, 0.1) is 0 Å². The van der Waals surface area contributed by atoms with Crippen molar-refractivity contribution < 1.29 is 14.0 Å². The van der Waals surface area contributed by atoms with Gasteiger partial charge in [-0.3, -0.25) is 4.90 Å². The van der Waals surface area contributed by atoms with Crippen molar-refractivity contribution in [3.05, 3.63) is 0 Å². The number of epoxide rings is 1. The molecule has 2 bridgehead atoms. The van der Waals surface area contributed by atoms with Crippen LogP contribution < -0.4 is 0 Å². The van der Waals surface area contributed by atoms with E-state index in [1.54, 1.807) is 4.90 Å². The lowest BCUT2D eigenvalue weighted by Gasteiger charge is -2.36. The molecule has 4 atom stereocenters. The van der Waals surface area contributed by atoms with Crippen molar-refractivity contribution in [3.8, 4) is 0 Å². The maximum atomic E-state index is 9.55. The van der Waals surface area contributed by atoms with Crippen LogP contribution in [0.1, 0.15) is 17.0 Å². The van der Waals surface area contributed by atoms with Gasteiger partial charge >= 0.3 is 0 Å². The van der Waals surface area contributed by atoms with Crippen molar-refractivity contribution in [1.82, 2.24) is 4.90 Å². The van der Waals surface area contributed by atoms with Crippen molar-refractivity contribution in [2.45, 2.75) is 43.2 Å². The van der Waals surface area contributed by atoms with Crippen LogP contribution in [0.25, 0.3) is 0 Å². The van der Waals surface area contributed by atoms with E-state index < -0.39 is 6.98 Å². The van der Waals surface area contributed by atoms with Gasteiger partial charge in [-0.15, -0.1) is 0 Å². The number of morpholine rings is 1. The van der Waals surface area contributed by atoms with Crippen molar-refractivity contribution in [2.24, 2.45) is 0 Å². The van der Waals surface area contributed by atoms with Crippen LogP contribution in [0.15, 0.2) is 0 Å². The molecule has 0 aromatic heterocycles. The molecule has 4 unspecified atom stereocenters. The zero-order chi connectivity index (χ0) is 10.1. The molecule has 0 spiro atoms. The Hall–Kier alpha value is -0.120. The lowest BCUT2D eigenvalue weighted by atomic mass is 10.00. The maximum Gasteiger partial charge on any atom is 0.101 e. The number of fused-ring (bicyclic) bond motifs is 5. The summed E-state index contributed by atoms with van der Waals surface area (Å²) in [6.45, 7) is -2.04. The summed E-state index contributed by atoms with van der Waals surface area (Å²) in [6, 6.07) is -0.192. The average molecular weight is 158 g/mol. The number of rotatable bonds is 0. The topological polar surface area (TPSA) is 36.0 Å². The van der Waals surface area contributed by atoms with Crippen molar-refractivity contribution >= 4 is 0 Å². The number of ether oxygens (including phenoxy) is 1. The van der Waals surface area contributed by atoms with Crippen LogP contribution in [0.2, 0.25) is 0 Å². The summed E-state index contributed by atoms with van der Waals surface area (Å²) in [5.74, 6) is 0.